The molecule has 1 aliphatic heterocycles. The summed E-state index contributed by atoms with van der Waals surface area (Å²) in [7, 11) is 2.99. The minimum atomic E-state index is -0.360. The molecule has 0 aromatic heterocycles. The van der Waals surface area contributed by atoms with E-state index in [0.29, 0.717) is 18.5 Å². The van der Waals surface area contributed by atoms with Crippen LogP contribution in [0.1, 0.15) is 27.9 Å². The van der Waals surface area contributed by atoms with Crippen LogP contribution in [-0.4, -0.2) is 32.6 Å². The zero-order valence-electron chi connectivity index (χ0n) is 14.5. The number of rotatable bonds is 4. The zero-order valence-corrected chi connectivity index (χ0v) is 14.5. The summed E-state index contributed by atoms with van der Waals surface area (Å²) in [5.74, 6) is 0.427. The third-order valence-electron chi connectivity index (χ3n) is 4.47. The minimum absolute atomic E-state index is 0.0214. The summed E-state index contributed by atoms with van der Waals surface area (Å²) in [6.07, 6.45) is 1.91. The molecule has 0 unspecified atom stereocenters. The van der Waals surface area contributed by atoms with Gasteiger partial charge in [0.2, 0.25) is 5.91 Å². The number of carbonyl (C=O) groups is 2. The summed E-state index contributed by atoms with van der Waals surface area (Å²) < 4.78 is 10.0. The lowest BCUT2D eigenvalue weighted by molar-refractivity contribution is -0.118. The van der Waals surface area contributed by atoms with E-state index in [9.17, 15) is 9.59 Å². The van der Waals surface area contributed by atoms with Crippen LogP contribution in [0, 0.1) is 0 Å². The standard InChI is InChI=1S/C20H21NO4/c1-24-15-10-8-14(9-11-15)13-19(22)21-12-4-6-16-17(20(23)25-2)5-3-7-18(16)21/h3,5,7-11H,4,6,12-13H2,1-2H3. The number of carbonyl (C=O) groups excluding carboxylic acids is 2. The highest BCUT2D eigenvalue weighted by Gasteiger charge is 2.26. The minimum Gasteiger partial charge on any atom is -0.497 e. The maximum absolute atomic E-state index is 12.8. The number of esters is 1. The first kappa shape index (κ1) is 17.0. The lowest BCUT2D eigenvalue weighted by atomic mass is 9.95. The van der Waals surface area contributed by atoms with Crippen molar-refractivity contribution in [1.82, 2.24) is 0 Å². The van der Waals surface area contributed by atoms with Crippen LogP contribution in [0.5, 0.6) is 5.75 Å². The van der Waals surface area contributed by atoms with Crippen LogP contribution in [0.25, 0.3) is 0 Å². The van der Waals surface area contributed by atoms with Crippen molar-refractivity contribution in [2.45, 2.75) is 19.3 Å². The number of benzene rings is 2. The van der Waals surface area contributed by atoms with E-state index >= 15 is 0 Å². The van der Waals surface area contributed by atoms with Gasteiger partial charge in [-0.15, -0.1) is 0 Å². The summed E-state index contributed by atoms with van der Waals surface area (Å²) in [5, 5.41) is 0. The molecule has 1 aliphatic rings. The van der Waals surface area contributed by atoms with Crippen molar-refractivity contribution in [3.05, 3.63) is 59.2 Å². The van der Waals surface area contributed by atoms with Crippen molar-refractivity contribution in [2.24, 2.45) is 0 Å². The molecule has 0 radical (unpaired) electrons. The molecule has 2 aromatic carbocycles. The summed E-state index contributed by atoms with van der Waals surface area (Å²) >= 11 is 0. The Morgan fingerprint density at radius 1 is 1.08 bits per heavy atom. The molecule has 0 N–H and O–H groups in total. The fraction of sp³-hybridized carbons (Fsp3) is 0.300. The van der Waals surface area contributed by atoms with Crippen LogP contribution in [-0.2, 0) is 22.4 Å². The van der Waals surface area contributed by atoms with E-state index in [4.69, 9.17) is 9.47 Å². The van der Waals surface area contributed by atoms with Gasteiger partial charge in [0.25, 0.3) is 0 Å². The topological polar surface area (TPSA) is 55.8 Å². The van der Waals surface area contributed by atoms with Gasteiger partial charge < -0.3 is 14.4 Å². The Morgan fingerprint density at radius 2 is 1.84 bits per heavy atom. The summed E-state index contributed by atoms with van der Waals surface area (Å²) in [6.45, 7) is 0.659. The second kappa shape index (κ2) is 7.38. The highest BCUT2D eigenvalue weighted by Crippen LogP contribution is 2.31. The molecule has 5 heteroatoms. The monoisotopic (exact) mass is 339 g/mol. The fourth-order valence-electron chi connectivity index (χ4n) is 3.20. The number of hydrogen-bond donors (Lipinski definition) is 0. The van der Waals surface area contributed by atoms with Crippen molar-refractivity contribution in [3.8, 4) is 5.75 Å². The van der Waals surface area contributed by atoms with Gasteiger partial charge in [0.05, 0.1) is 26.2 Å². The average molecular weight is 339 g/mol. The van der Waals surface area contributed by atoms with Crippen LogP contribution >= 0.6 is 0 Å². The largest absolute Gasteiger partial charge is 0.497 e. The van der Waals surface area contributed by atoms with Gasteiger partial charge in [-0.2, -0.15) is 0 Å². The number of nitrogens with zero attached hydrogens (tertiary/aromatic N) is 1. The SMILES string of the molecule is COC(=O)c1cccc2c1CCCN2C(=O)Cc1ccc(OC)cc1. The van der Waals surface area contributed by atoms with Crippen LogP contribution in [0.15, 0.2) is 42.5 Å². The first-order valence-corrected chi connectivity index (χ1v) is 8.27. The summed E-state index contributed by atoms with van der Waals surface area (Å²) in [6, 6.07) is 12.9. The van der Waals surface area contributed by atoms with Gasteiger partial charge in [-0.25, -0.2) is 4.79 Å². The third kappa shape index (κ3) is 3.50. The predicted molar refractivity (Wildman–Crippen MR) is 95.2 cm³/mol. The maximum Gasteiger partial charge on any atom is 0.338 e. The molecule has 0 saturated carbocycles. The number of methoxy groups -OCH3 is 2. The maximum atomic E-state index is 12.8. The van der Waals surface area contributed by atoms with Gasteiger partial charge in [0.1, 0.15) is 5.75 Å². The summed E-state index contributed by atoms with van der Waals surface area (Å²) in [4.78, 5) is 26.6. The van der Waals surface area contributed by atoms with Gasteiger partial charge >= 0.3 is 5.97 Å². The van der Waals surface area contributed by atoms with Crippen molar-refractivity contribution in [2.75, 3.05) is 25.7 Å². The Morgan fingerprint density at radius 3 is 2.52 bits per heavy atom. The van der Waals surface area contributed by atoms with Crippen LogP contribution in [0.3, 0.4) is 0 Å². The van der Waals surface area contributed by atoms with E-state index in [0.717, 1.165) is 35.4 Å². The molecule has 0 atom stereocenters. The van der Waals surface area contributed by atoms with E-state index in [2.05, 4.69) is 0 Å². The molecule has 3 rings (SSSR count). The van der Waals surface area contributed by atoms with Gasteiger partial charge in [0, 0.05) is 12.2 Å². The molecule has 1 amide bonds. The second-order valence-corrected chi connectivity index (χ2v) is 5.97. The van der Waals surface area contributed by atoms with E-state index in [1.165, 1.54) is 7.11 Å². The second-order valence-electron chi connectivity index (χ2n) is 5.97. The third-order valence-corrected chi connectivity index (χ3v) is 4.47. The Balaban J connectivity index is 1.84. The average Bonchev–Trinajstić information content (AvgIpc) is 2.67. The molecule has 0 saturated heterocycles. The van der Waals surface area contributed by atoms with Crippen molar-refractivity contribution in [3.63, 3.8) is 0 Å². The Labute approximate surface area is 147 Å². The van der Waals surface area contributed by atoms with Gasteiger partial charge in [0.15, 0.2) is 0 Å². The van der Waals surface area contributed by atoms with Crippen molar-refractivity contribution in [1.29, 1.82) is 0 Å². The normalized spacial score (nSPS) is 13.1. The first-order valence-electron chi connectivity index (χ1n) is 8.27. The molecule has 25 heavy (non-hydrogen) atoms. The van der Waals surface area contributed by atoms with E-state index < -0.39 is 0 Å². The lowest BCUT2D eigenvalue weighted by Crippen LogP contribution is -2.37. The number of hydrogen-bond acceptors (Lipinski definition) is 4. The van der Waals surface area contributed by atoms with Crippen molar-refractivity contribution < 1.29 is 19.1 Å². The number of fused-ring (bicyclic) bond motifs is 1. The van der Waals surface area contributed by atoms with E-state index in [1.54, 1.807) is 24.1 Å². The Hall–Kier alpha value is -2.82. The molecule has 5 nitrogen and oxygen atoms in total. The molecular formula is C20H21NO4. The molecular weight excluding hydrogens is 318 g/mol. The molecule has 130 valence electrons. The van der Waals surface area contributed by atoms with Gasteiger partial charge in [-0.05, 0) is 48.2 Å². The zero-order chi connectivity index (χ0) is 17.8. The molecule has 2 aromatic rings. The quantitative estimate of drug-likeness (QED) is 0.804. The Kier molecular flexibility index (Phi) is 5.03. The molecule has 0 bridgehead atoms. The van der Waals surface area contributed by atoms with Crippen LogP contribution in [0.2, 0.25) is 0 Å². The van der Waals surface area contributed by atoms with Gasteiger partial charge in [-0.1, -0.05) is 18.2 Å². The predicted octanol–water partition coefficient (Wildman–Crippen LogP) is 3.00. The highest BCUT2D eigenvalue weighted by molar-refractivity contribution is 5.99. The number of amides is 1. The van der Waals surface area contributed by atoms with Gasteiger partial charge in [-0.3, -0.25) is 4.79 Å². The molecule has 0 fully saturated rings. The molecule has 0 aliphatic carbocycles. The Bertz CT molecular complexity index is 783. The van der Waals surface area contributed by atoms with E-state index in [-0.39, 0.29) is 11.9 Å². The molecule has 0 spiro atoms. The van der Waals surface area contributed by atoms with E-state index in [1.807, 2.05) is 30.3 Å². The molecule has 1 heterocycles. The first-order chi connectivity index (χ1) is 12.1. The van der Waals surface area contributed by atoms with Crippen molar-refractivity contribution >= 4 is 17.6 Å². The number of ether oxygens (including phenoxy) is 2. The lowest BCUT2D eigenvalue weighted by Gasteiger charge is -2.30. The number of anilines is 1. The van der Waals surface area contributed by atoms with Crippen LogP contribution < -0.4 is 9.64 Å². The highest BCUT2D eigenvalue weighted by atomic mass is 16.5. The fourth-order valence-corrected chi connectivity index (χ4v) is 3.20. The summed E-state index contributed by atoms with van der Waals surface area (Å²) in [5.41, 5.74) is 3.18. The van der Waals surface area contributed by atoms with Crippen LogP contribution in [0.4, 0.5) is 5.69 Å². The smallest absolute Gasteiger partial charge is 0.338 e.